The number of carbonyl (C=O) groups excluding carboxylic acids is 2. The first-order chi connectivity index (χ1) is 12.7. The minimum atomic E-state index is -0.210. The molecule has 1 unspecified atom stereocenters. The van der Waals surface area contributed by atoms with Gasteiger partial charge in [0, 0.05) is 24.2 Å². The number of pyridine rings is 1. The van der Waals surface area contributed by atoms with Crippen molar-refractivity contribution in [3.63, 3.8) is 0 Å². The van der Waals surface area contributed by atoms with Gasteiger partial charge in [0.05, 0.1) is 17.4 Å². The van der Waals surface area contributed by atoms with Crippen molar-refractivity contribution in [1.82, 2.24) is 10.3 Å². The lowest BCUT2D eigenvalue weighted by Gasteiger charge is -2.22. The summed E-state index contributed by atoms with van der Waals surface area (Å²) >= 11 is 1.45. The monoisotopic (exact) mass is 369 g/mol. The zero-order valence-electron chi connectivity index (χ0n) is 14.2. The van der Waals surface area contributed by atoms with E-state index < -0.39 is 0 Å². The number of nitrogens with zero attached hydrogens (tertiary/aromatic N) is 2. The molecule has 2 aliphatic rings. The Bertz CT molecular complexity index is 836. The van der Waals surface area contributed by atoms with E-state index in [1.807, 2.05) is 24.3 Å². The van der Waals surface area contributed by atoms with E-state index in [0.717, 1.165) is 30.0 Å². The van der Waals surface area contributed by atoms with Gasteiger partial charge in [-0.25, -0.2) is 4.98 Å². The molecule has 0 bridgehead atoms. The van der Waals surface area contributed by atoms with Crippen molar-refractivity contribution in [3.8, 4) is 0 Å². The standard InChI is InChI=1S/C19H19N3O3S/c23-17(21-11-13-5-4-10-25-13)12-22-15-7-1-2-8-16(15)26-18-14(19(22)24)6-3-9-20-18/h1-3,6-9,13H,4-5,10-12H2,(H,21,23). The van der Waals surface area contributed by atoms with Crippen LogP contribution < -0.4 is 10.2 Å². The fraction of sp³-hybridized carbons (Fsp3) is 0.316. The third-order valence-corrected chi connectivity index (χ3v) is 5.55. The van der Waals surface area contributed by atoms with Crippen LogP contribution in [0.25, 0.3) is 0 Å². The third kappa shape index (κ3) is 3.45. The Morgan fingerprint density at radius 2 is 2.19 bits per heavy atom. The van der Waals surface area contributed by atoms with Gasteiger partial charge in [-0.15, -0.1) is 0 Å². The van der Waals surface area contributed by atoms with Crippen LogP contribution in [0.1, 0.15) is 23.2 Å². The topological polar surface area (TPSA) is 71.5 Å². The lowest BCUT2D eigenvalue weighted by atomic mass is 10.2. The van der Waals surface area contributed by atoms with Gasteiger partial charge in [-0.05, 0) is 37.1 Å². The van der Waals surface area contributed by atoms with Crippen LogP contribution in [0, 0.1) is 0 Å². The third-order valence-electron chi connectivity index (χ3n) is 4.46. The number of amides is 2. The molecule has 1 atom stereocenters. The number of fused-ring (bicyclic) bond motifs is 2. The van der Waals surface area contributed by atoms with Crippen molar-refractivity contribution in [1.29, 1.82) is 0 Å². The van der Waals surface area contributed by atoms with Gasteiger partial charge >= 0.3 is 0 Å². The van der Waals surface area contributed by atoms with Gasteiger partial charge in [0.25, 0.3) is 5.91 Å². The van der Waals surface area contributed by atoms with E-state index in [2.05, 4.69) is 10.3 Å². The van der Waals surface area contributed by atoms with E-state index in [9.17, 15) is 9.59 Å². The van der Waals surface area contributed by atoms with E-state index in [4.69, 9.17) is 4.74 Å². The van der Waals surface area contributed by atoms with Gasteiger partial charge in [0.15, 0.2) is 0 Å². The second kappa shape index (κ2) is 7.47. The number of ether oxygens (including phenoxy) is 1. The van der Waals surface area contributed by atoms with E-state index in [1.165, 1.54) is 16.7 Å². The van der Waals surface area contributed by atoms with Crippen molar-refractivity contribution in [3.05, 3.63) is 48.2 Å². The Morgan fingerprint density at radius 1 is 1.31 bits per heavy atom. The summed E-state index contributed by atoms with van der Waals surface area (Å²) in [5, 5.41) is 3.55. The summed E-state index contributed by atoms with van der Waals surface area (Å²) in [5.74, 6) is -0.404. The van der Waals surface area contributed by atoms with Crippen molar-refractivity contribution in [2.75, 3.05) is 24.6 Å². The maximum atomic E-state index is 13.1. The fourth-order valence-corrected chi connectivity index (χ4v) is 4.17. The normalized spacial score (nSPS) is 18.8. The molecule has 6 nitrogen and oxygen atoms in total. The molecule has 134 valence electrons. The number of hydrogen-bond acceptors (Lipinski definition) is 5. The molecule has 3 heterocycles. The number of para-hydroxylation sites is 1. The lowest BCUT2D eigenvalue weighted by molar-refractivity contribution is -0.120. The van der Waals surface area contributed by atoms with E-state index in [-0.39, 0.29) is 24.5 Å². The Hall–Kier alpha value is -2.38. The van der Waals surface area contributed by atoms with Gasteiger partial charge in [-0.3, -0.25) is 14.5 Å². The molecule has 26 heavy (non-hydrogen) atoms. The average molecular weight is 369 g/mol. The maximum Gasteiger partial charge on any atom is 0.261 e. The minimum absolute atomic E-state index is 0.0303. The number of aromatic nitrogens is 1. The molecule has 1 saturated heterocycles. The van der Waals surface area contributed by atoms with Crippen molar-refractivity contribution >= 4 is 29.3 Å². The maximum absolute atomic E-state index is 13.1. The Kier molecular flexibility index (Phi) is 4.90. The summed E-state index contributed by atoms with van der Waals surface area (Å²) in [6.45, 7) is 1.20. The number of hydrogen-bond donors (Lipinski definition) is 1. The highest BCUT2D eigenvalue weighted by Crippen LogP contribution is 2.39. The summed E-state index contributed by atoms with van der Waals surface area (Å²) < 4.78 is 5.53. The van der Waals surface area contributed by atoms with E-state index >= 15 is 0 Å². The average Bonchev–Trinajstić information content (AvgIpc) is 3.15. The van der Waals surface area contributed by atoms with Crippen LogP contribution in [0.2, 0.25) is 0 Å². The summed E-state index contributed by atoms with van der Waals surface area (Å²) in [7, 11) is 0. The molecule has 1 aromatic heterocycles. The minimum Gasteiger partial charge on any atom is -0.376 e. The molecule has 2 aromatic rings. The van der Waals surface area contributed by atoms with Gasteiger partial charge in [-0.1, -0.05) is 23.9 Å². The fourth-order valence-electron chi connectivity index (χ4n) is 3.15. The zero-order chi connectivity index (χ0) is 17.9. The van der Waals surface area contributed by atoms with Crippen molar-refractivity contribution in [2.45, 2.75) is 28.9 Å². The van der Waals surface area contributed by atoms with Crippen LogP contribution in [-0.4, -0.2) is 42.6 Å². The van der Waals surface area contributed by atoms with Crippen LogP contribution in [-0.2, 0) is 9.53 Å². The first-order valence-electron chi connectivity index (χ1n) is 8.64. The molecular formula is C19H19N3O3S. The van der Waals surface area contributed by atoms with Crippen LogP contribution in [0.4, 0.5) is 5.69 Å². The molecule has 2 amide bonds. The quantitative estimate of drug-likeness (QED) is 0.897. The molecule has 2 aliphatic heterocycles. The molecule has 1 fully saturated rings. The molecule has 0 aliphatic carbocycles. The molecule has 0 radical (unpaired) electrons. The first-order valence-corrected chi connectivity index (χ1v) is 9.46. The highest BCUT2D eigenvalue weighted by Gasteiger charge is 2.29. The number of anilines is 1. The molecule has 1 aromatic carbocycles. The molecule has 7 heteroatoms. The number of rotatable bonds is 4. The Balaban J connectivity index is 1.57. The second-order valence-electron chi connectivity index (χ2n) is 6.26. The SMILES string of the molecule is O=C(CN1C(=O)c2cccnc2Sc2ccccc21)NCC1CCCO1. The highest BCUT2D eigenvalue weighted by atomic mass is 32.2. The Labute approximate surface area is 155 Å². The van der Waals surface area contributed by atoms with Crippen LogP contribution in [0.15, 0.2) is 52.5 Å². The summed E-state index contributed by atoms with van der Waals surface area (Å²) in [6, 6.07) is 11.1. The first kappa shape index (κ1) is 17.1. The number of benzene rings is 1. The summed E-state index contributed by atoms with van der Waals surface area (Å²) in [6.07, 6.45) is 3.73. The molecule has 0 saturated carbocycles. The predicted octanol–water partition coefficient (Wildman–Crippen LogP) is 2.49. The highest BCUT2D eigenvalue weighted by molar-refractivity contribution is 7.99. The summed E-state index contributed by atoms with van der Waals surface area (Å²) in [4.78, 5) is 32.3. The van der Waals surface area contributed by atoms with Crippen molar-refractivity contribution < 1.29 is 14.3 Å². The molecule has 4 rings (SSSR count). The molecule has 1 N–H and O–H groups in total. The molecular weight excluding hydrogens is 350 g/mol. The van der Waals surface area contributed by atoms with Crippen LogP contribution >= 0.6 is 11.8 Å². The van der Waals surface area contributed by atoms with Crippen molar-refractivity contribution in [2.24, 2.45) is 0 Å². The molecule has 0 spiro atoms. The van der Waals surface area contributed by atoms with Gasteiger partial charge in [-0.2, -0.15) is 0 Å². The Morgan fingerprint density at radius 3 is 3.04 bits per heavy atom. The van der Waals surface area contributed by atoms with E-state index in [1.54, 1.807) is 18.3 Å². The smallest absolute Gasteiger partial charge is 0.261 e. The van der Waals surface area contributed by atoms with E-state index in [0.29, 0.717) is 17.1 Å². The van der Waals surface area contributed by atoms with Gasteiger partial charge in [0.1, 0.15) is 11.6 Å². The summed E-state index contributed by atoms with van der Waals surface area (Å²) in [5.41, 5.74) is 1.24. The number of carbonyl (C=O) groups is 2. The van der Waals surface area contributed by atoms with Gasteiger partial charge in [0.2, 0.25) is 5.91 Å². The van der Waals surface area contributed by atoms with Crippen LogP contribution in [0.5, 0.6) is 0 Å². The van der Waals surface area contributed by atoms with Gasteiger partial charge < -0.3 is 10.1 Å². The predicted molar refractivity (Wildman–Crippen MR) is 98.5 cm³/mol. The lowest BCUT2D eigenvalue weighted by Crippen LogP contribution is -2.42. The largest absolute Gasteiger partial charge is 0.376 e. The van der Waals surface area contributed by atoms with Crippen LogP contribution in [0.3, 0.4) is 0 Å². The number of nitrogens with one attached hydrogen (secondary N) is 1. The zero-order valence-corrected chi connectivity index (χ0v) is 15.0. The second-order valence-corrected chi connectivity index (χ2v) is 7.29.